The predicted octanol–water partition coefficient (Wildman–Crippen LogP) is 3.45. The molecule has 26 heavy (non-hydrogen) atoms. The highest BCUT2D eigenvalue weighted by Gasteiger charge is 2.03. The van der Waals surface area contributed by atoms with Gasteiger partial charge in [0.2, 0.25) is 0 Å². The van der Waals surface area contributed by atoms with E-state index < -0.39 is 0 Å². The number of nitrogens with two attached hydrogens (primary N) is 1. The zero-order valence-corrected chi connectivity index (χ0v) is 17.4. The molecule has 0 amide bonds. The van der Waals surface area contributed by atoms with Crippen LogP contribution in [0.1, 0.15) is 11.1 Å². The average Bonchev–Trinajstić information content (AvgIpc) is 2.59. The minimum Gasteiger partial charge on any atom is -0.380 e. The third-order valence-corrected chi connectivity index (χ3v) is 3.71. The molecule has 0 heterocycles. The molecular formula is C19H26FIN4O. The summed E-state index contributed by atoms with van der Waals surface area (Å²) in [7, 11) is 3.65. The van der Waals surface area contributed by atoms with Crippen LogP contribution in [0.25, 0.3) is 0 Å². The van der Waals surface area contributed by atoms with Crippen molar-refractivity contribution >= 4 is 35.6 Å². The molecule has 0 saturated carbocycles. The van der Waals surface area contributed by atoms with Crippen LogP contribution in [0.15, 0.2) is 53.5 Å². The smallest absolute Gasteiger partial charge is 0.193 e. The topological polar surface area (TPSA) is 62.9 Å². The van der Waals surface area contributed by atoms with Crippen LogP contribution in [0.5, 0.6) is 0 Å². The summed E-state index contributed by atoms with van der Waals surface area (Å²) in [5.41, 5.74) is 8.94. The van der Waals surface area contributed by atoms with Crippen LogP contribution in [0.2, 0.25) is 0 Å². The van der Waals surface area contributed by atoms with Gasteiger partial charge in [0.15, 0.2) is 5.96 Å². The van der Waals surface area contributed by atoms with Gasteiger partial charge in [-0.3, -0.25) is 4.99 Å². The van der Waals surface area contributed by atoms with Crippen molar-refractivity contribution < 1.29 is 9.13 Å². The lowest BCUT2D eigenvalue weighted by Crippen LogP contribution is -2.26. The molecule has 3 N–H and O–H groups in total. The minimum atomic E-state index is -0.219. The second-order valence-electron chi connectivity index (χ2n) is 5.85. The highest BCUT2D eigenvalue weighted by Crippen LogP contribution is 2.15. The van der Waals surface area contributed by atoms with Crippen molar-refractivity contribution in [2.45, 2.75) is 13.2 Å². The summed E-state index contributed by atoms with van der Waals surface area (Å²) in [6.45, 7) is 2.57. The molecule has 0 aliphatic heterocycles. The van der Waals surface area contributed by atoms with Crippen LogP contribution >= 0.6 is 24.0 Å². The first-order valence-electron chi connectivity index (χ1n) is 8.15. The number of halogens is 2. The summed E-state index contributed by atoms with van der Waals surface area (Å²) < 4.78 is 18.1. The van der Waals surface area contributed by atoms with E-state index in [2.05, 4.69) is 15.2 Å². The third-order valence-electron chi connectivity index (χ3n) is 3.71. The number of benzene rings is 2. The number of aliphatic imine (C=N–C) groups is 1. The second-order valence-corrected chi connectivity index (χ2v) is 5.85. The predicted molar refractivity (Wildman–Crippen MR) is 115 cm³/mol. The second kappa shape index (κ2) is 11.8. The number of rotatable bonds is 8. The minimum absolute atomic E-state index is 0. The molecule has 7 heteroatoms. The van der Waals surface area contributed by atoms with E-state index in [4.69, 9.17) is 10.5 Å². The van der Waals surface area contributed by atoms with E-state index in [0.29, 0.717) is 19.1 Å². The van der Waals surface area contributed by atoms with E-state index in [1.807, 2.05) is 31.3 Å². The Kier molecular flexibility index (Phi) is 10.2. The van der Waals surface area contributed by atoms with Crippen molar-refractivity contribution in [3.63, 3.8) is 0 Å². The van der Waals surface area contributed by atoms with Crippen LogP contribution in [-0.2, 0) is 17.9 Å². The van der Waals surface area contributed by atoms with E-state index in [1.54, 1.807) is 19.2 Å². The van der Waals surface area contributed by atoms with Crippen LogP contribution in [-0.4, -0.2) is 38.1 Å². The maximum absolute atomic E-state index is 12.9. The van der Waals surface area contributed by atoms with Gasteiger partial charge in [-0.2, -0.15) is 0 Å². The summed E-state index contributed by atoms with van der Waals surface area (Å²) in [5, 5.41) is 3.11. The Hall–Kier alpha value is -1.71. The normalized spacial score (nSPS) is 11.3. The molecule has 0 radical (unpaired) electrons. The van der Waals surface area contributed by atoms with Gasteiger partial charge >= 0.3 is 0 Å². The molecule has 2 aromatic rings. The molecule has 0 saturated heterocycles. The lowest BCUT2D eigenvalue weighted by atomic mass is 10.2. The fraction of sp³-hybridized carbons (Fsp3) is 0.316. The third kappa shape index (κ3) is 7.67. The van der Waals surface area contributed by atoms with Crippen molar-refractivity contribution in [3.05, 3.63) is 65.5 Å². The zero-order chi connectivity index (χ0) is 18.1. The number of hydrogen-bond donors (Lipinski definition) is 2. The van der Waals surface area contributed by atoms with Crippen molar-refractivity contribution in [2.75, 3.05) is 32.6 Å². The van der Waals surface area contributed by atoms with Crippen molar-refractivity contribution in [1.82, 2.24) is 4.90 Å². The first kappa shape index (κ1) is 22.3. The first-order valence-corrected chi connectivity index (χ1v) is 8.15. The number of guanidine groups is 1. The fourth-order valence-corrected chi connectivity index (χ4v) is 2.42. The Bertz CT molecular complexity index is 694. The van der Waals surface area contributed by atoms with Crippen molar-refractivity contribution in [2.24, 2.45) is 10.7 Å². The summed E-state index contributed by atoms with van der Waals surface area (Å²) in [6, 6.07) is 14.3. The van der Waals surface area contributed by atoms with Gasteiger partial charge in [0.05, 0.1) is 13.2 Å². The Morgan fingerprint density at radius 2 is 1.88 bits per heavy atom. The van der Waals surface area contributed by atoms with Gasteiger partial charge < -0.3 is 20.7 Å². The average molecular weight is 472 g/mol. The monoisotopic (exact) mass is 472 g/mol. The molecule has 0 aliphatic carbocycles. The van der Waals surface area contributed by atoms with Crippen molar-refractivity contribution in [1.29, 1.82) is 0 Å². The highest BCUT2D eigenvalue weighted by molar-refractivity contribution is 14.0. The number of hydrogen-bond acceptors (Lipinski definition) is 3. The largest absolute Gasteiger partial charge is 0.380 e. The quantitative estimate of drug-likeness (QED) is 0.351. The Labute approximate surface area is 171 Å². The number of nitrogens with one attached hydrogen (secondary N) is 1. The van der Waals surface area contributed by atoms with Crippen molar-refractivity contribution in [3.8, 4) is 0 Å². The maximum Gasteiger partial charge on any atom is 0.193 e. The highest BCUT2D eigenvalue weighted by atomic mass is 127. The number of anilines is 1. The lowest BCUT2D eigenvalue weighted by molar-refractivity contribution is 0.185. The van der Waals surface area contributed by atoms with Gasteiger partial charge in [-0.1, -0.05) is 30.3 Å². The molecule has 0 unspecified atom stereocenters. The number of methoxy groups -OCH3 is 1. The first-order chi connectivity index (χ1) is 12.1. The van der Waals surface area contributed by atoms with Gasteiger partial charge in [0.25, 0.3) is 0 Å². The van der Waals surface area contributed by atoms with Gasteiger partial charge in [0.1, 0.15) is 5.82 Å². The molecule has 2 aromatic carbocycles. The van der Waals surface area contributed by atoms with Crippen LogP contribution in [0.3, 0.4) is 0 Å². The van der Waals surface area contributed by atoms with Gasteiger partial charge in [-0.15, -0.1) is 24.0 Å². The fourth-order valence-electron chi connectivity index (χ4n) is 2.42. The number of nitrogens with zero attached hydrogens (tertiary/aromatic N) is 2. The van der Waals surface area contributed by atoms with E-state index >= 15 is 0 Å². The molecule has 5 nitrogen and oxygen atoms in total. The van der Waals surface area contributed by atoms with E-state index in [1.165, 1.54) is 12.1 Å². The summed E-state index contributed by atoms with van der Waals surface area (Å²) in [4.78, 5) is 6.47. The zero-order valence-electron chi connectivity index (χ0n) is 15.1. The lowest BCUT2D eigenvalue weighted by Gasteiger charge is -2.16. The molecule has 142 valence electrons. The molecule has 0 fully saturated rings. The van der Waals surface area contributed by atoms with Crippen LogP contribution in [0.4, 0.5) is 10.1 Å². The molecule has 0 bridgehead atoms. The van der Waals surface area contributed by atoms with Gasteiger partial charge in [-0.05, 0) is 30.8 Å². The number of likely N-dealkylation sites (N-methyl/N-ethyl adjacent to an activating group) is 1. The molecule has 0 spiro atoms. The van der Waals surface area contributed by atoms with Crippen LogP contribution < -0.4 is 11.1 Å². The van der Waals surface area contributed by atoms with E-state index in [-0.39, 0.29) is 29.8 Å². The van der Waals surface area contributed by atoms with E-state index in [9.17, 15) is 4.39 Å². The summed E-state index contributed by atoms with van der Waals surface area (Å²) >= 11 is 0. The van der Waals surface area contributed by atoms with Crippen LogP contribution in [0, 0.1) is 5.82 Å². The molecular weight excluding hydrogens is 446 g/mol. The Morgan fingerprint density at radius 3 is 2.58 bits per heavy atom. The maximum atomic E-state index is 12.9. The van der Waals surface area contributed by atoms with E-state index in [0.717, 1.165) is 29.9 Å². The Balaban J connectivity index is 0.00000338. The number of ether oxygens (including phenoxy) is 1. The standard InChI is InChI=1S/C19H25FN4O.HI/c1-24(13-15-7-9-17(20)10-8-15)12-11-22-19(21)23-18-6-4-3-5-16(18)14-25-2;/h3-10H,11-14H2,1-2H3,(H3,21,22,23);1H. The van der Waals surface area contributed by atoms with Gasteiger partial charge in [-0.25, -0.2) is 4.39 Å². The molecule has 0 aliphatic rings. The molecule has 0 aromatic heterocycles. The molecule has 0 atom stereocenters. The SMILES string of the molecule is COCc1ccccc1NC(N)=NCCN(C)Cc1ccc(F)cc1.I. The molecule has 2 rings (SSSR count). The number of para-hydroxylation sites is 1. The summed E-state index contributed by atoms with van der Waals surface area (Å²) in [5.74, 6) is 0.155. The van der Waals surface area contributed by atoms with Gasteiger partial charge in [0, 0.05) is 31.5 Å². The summed E-state index contributed by atoms with van der Waals surface area (Å²) in [6.07, 6.45) is 0. The Morgan fingerprint density at radius 1 is 1.19 bits per heavy atom.